The van der Waals surface area contributed by atoms with E-state index >= 15 is 0 Å². The van der Waals surface area contributed by atoms with E-state index in [0.29, 0.717) is 30.9 Å². The first-order valence-corrected chi connectivity index (χ1v) is 8.72. The molecule has 0 bridgehead atoms. The minimum Gasteiger partial charge on any atom is -0.485 e. The van der Waals surface area contributed by atoms with Gasteiger partial charge in [0.2, 0.25) is 0 Å². The van der Waals surface area contributed by atoms with Crippen molar-refractivity contribution < 1.29 is 23.8 Å². The molecule has 0 aromatic heterocycles. The van der Waals surface area contributed by atoms with Crippen molar-refractivity contribution in [2.45, 2.75) is 26.4 Å². The SMILES string of the molecule is CCOC(=O)C(Cc1cccc(OCC(=O)c2ccccc2)c1)OCC. The molecule has 0 heterocycles. The normalized spacial score (nSPS) is 11.6. The van der Waals surface area contributed by atoms with Gasteiger partial charge in [-0.2, -0.15) is 0 Å². The van der Waals surface area contributed by atoms with E-state index in [1.165, 1.54) is 0 Å². The van der Waals surface area contributed by atoms with Crippen LogP contribution in [0.2, 0.25) is 0 Å². The van der Waals surface area contributed by atoms with Gasteiger partial charge in [-0.15, -0.1) is 0 Å². The highest BCUT2D eigenvalue weighted by molar-refractivity contribution is 5.97. The van der Waals surface area contributed by atoms with Gasteiger partial charge in [-0.3, -0.25) is 4.79 Å². The fraction of sp³-hybridized carbons (Fsp3) is 0.333. The molecule has 0 saturated heterocycles. The Morgan fingerprint density at radius 2 is 1.73 bits per heavy atom. The number of Topliss-reactive ketones (excluding diaryl/α,β-unsaturated/α-hetero) is 1. The van der Waals surface area contributed by atoms with Crippen molar-refractivity contribution in [2.75, 3.05) is 19.8 Å². The van der Waals surface area contributed by atoms with Gasteiger partial charge in [-0.05, 0) is 31.5 Å². The van der Waals surface area contributed by atoms with Crippen LogP contribution in [0.1, 0.15) is 29.8 Å². The Hall–Kier alpha value is -2.66. The van der Waals surface area contributed by atoms with Gasteiger partial charge in [0.1, 0.15) is 5.75 Å². The second-order valence-electron chi connectivity index (χ2n) is 5.63. The maximum absolute atomic E-state index is 12.1. The van der Waals surface area contributed by atoms with Crippen molar-refractivity contribution in [2.24, 2.45) is 0 Å². The van der Waals surface area contributed by atoms with Crippen LogP contribution in [0.3, 0.4) is 0 Å². The molecule has 5 nitrogen and oxygen atoms in total. The lowest BCUT2D eigenvalue weighted by atomic mass is 10.1. The average molecular weight is 356 g/mol. The van der Waals surface area contributed by atoms with E-state index in [-0.39, 0.29) is 18.4 Å². The van der Waals surface area contributed by atoms with Gasteiger partial charge in [0.25, 0.3) is 0 Å². The summed E-state index contributed by atoms with van der Waals surface area (Å²) in [5, 5.41) is 0. The Kier molecular flexibility index (Phi) is 7.83. The molecule has 0 aliphatic heterocycles. The first-order valence-electron chi connectivity index (χ1n) is 8.72. The number of ether oxygens (including phenoxy) is 3. The van der Waals surface area contributed by atoms with Gasteiger partial charge in [-0.1, -0.05) is 42.5 Å². The molecule has 5 heteroatoms. The monoisotopic (exact) mass is 356 g/mol. The minimum atomic E-state index is -0.652. The summed E-state index contributed by atoms with van der Waals surface area (Å²) >= 11 is 0. The van der Waals surface area contributed by atoms with E-state index in [1.807, 2.05) is 43.3 Å². The first-order chi connectivity index (χ1) is 12.6. The molecule has 0 N–H and O–H groups in total. The number of hydrogen-bond donors (Lipinski definition) is 0. The van der Waals surface area contributed by atoms with Crippen LogP contribution in [0, 0.1) is 0 Å². The average Bonchev–Trinajstić information content (AvgIpc) is 2.67. The molecule has 1 atom stereocenters. The lowest BCUT2D eigenvalue weighted by molar-refractivity contribution is -0.156. The van der Waals surface area contributed by atoms with Crippen LogP contribution in [0.25, 0.3) is 0 Å². The van der Waals surface area contributed by atoms with E-state index in [1.54, 1.807) is 25.1 Å². The molecule has 0 radical (unpaired) electrons. The van der Waals surface area contributed by atoms with Crippen molar-refractivity contribution in [3.05, 3.63) is 65.7 Å². The third-order valence-electron chi connectivity index (χ3n) is 3.70. The van der Waals surface area contributed by atoms with Crippen LogP contribution >= 0.6 is 0 Å². The molecule has 2 aromatic carbocycles. The number of rotatable bonds is 10. The Labute approximate surface area is 153 Å². The highest BCUT2D eigenvalue weighted by Gasteiger charge is 2.20. The summed E-state index contributed by atoms with van der Waals surface area (Å²) in [5.41, 5.74) is 1.49. The van der Waals surface area contributed by atoms with Gasteiger partial charge in [-0.25, -0.2) is 4.79 Å². The first kappa shape index (κ1) is 19.7. The van der Waals surface area contributed by atoms with E-state index in [2.05, 4.69) is 0 Å². The number of benzene rings is 2. The fourth-order valence-electron chi connectivity index (χ4n) is 2.48. The number of hydrogen-bond acceptors (Lipinski definition) is 5. The van der Waals surface area contributed by atoms with Crippen LogP contribution in [0.4, 0.5) is 0 Å². The zero-order valence-corrected chi connectivity index (χ0v) is 15.1. The van der Waals surface area contributed by atoms with Gasteiger partial charge in [0.05, 0.1) is 6.61 Å². The van der Waals surface area contributed by atoms with E-state index in [4.69, 9.17) is 14.2 Å². The molecular formula is C21H24O5. The number of esters is 1. The van der Waals surface area contributed by atoms with Crippen LogP contribution in [-0.2, 0) is 20.7 Å². The molecule has 0 aliphatic carbocycles. The number of carbonyl (C=O) groups excluding carboxylic acids is 2. The molecular weight excluding hydrogens is 332 g/mol. The quantitative estimate of drug-likeness (QED) is 0.482. The lowest BCUT2D eigenvalue weighted by Crippen LogP contribution is -2.29. The Balaban J connectivity index is 1.98. The van der Waals surface area contributed by atoms with Crippen LogP contribution in [0.15, 0.2) is 54.6 Å². The Bertz CT molecular complexity index is 711. The topological polar surface area (TPSA) is 61.8 Å². The predicted molar refractivity (Wildman–Crippen MR) is 98.5 cm³/mol. The summed E-state index contributed by atoms with van der Waals surface area (Å²) in [6.45, 7) is 4.29. The summed E-state index contributed by atoms with van der Waals surface area (Å²) < 4.78 is 16.1. The highest BCUT2D eigenvalue weighted by atomic mass is 16.6. The summed E-state index contributed by atoms with van der Waals surface area (Å²) in [6.07, 6.45) is -0.266. The standard InChI is InChI=1S/C21H24O5/c1-3-24-20(21(23)25-4-2)14-16-9-8-12-18(13-16)26-15-19(22)17-10-6-5-7-11-17/h5-13,20H,3-4,14-15H2,1-2H3. The second-order valence-corrected chi connectivity index (χ2v) is 5.63. The van der Waals surface area contributed by atoms with Gasteiger partial charge < -0.3 is 14.2 Å². The van der Waals surface area contributed by atoms with E-state index < -0.39 is 6.10 Å². The molecule has 2 rings (SSSR count). The molecule has 0 spiro atoms. The minimum absolute atomic E-state index is 0.0414. The van der Waals surface area contributed by atoms with E-state index in [0.717, 1.165) is 5.56 Å². The summed E-state index contributed by atoms with van der Waals surface area (Å²) in [5.74, 6) is 0.112. The zero-order valence-electron chi connectivity index (χ0n) is 15.1. The highest BCUT2D eigenvalue weighted by Crippen LogP contribution is 2.17. The molecule has 0 fully saturated rings. The maximum Gasteiger partial charge on any atom is 0.335 e. The summed E-state index contributed by atoms with van der Waals surface area (Å²) in [7, 11) is 0. The molecule has 0 amide bonds. The van der Waals surface area contributed by atoms with E-state index in [9.17, 15) is 9.59 Å². The predicted octanol–water partition coefficient (Wildman–Crippen LogP) is 3.46. The lowest BCUT2D eigenvalue weighted by Gasteiger charge is -2.16. The van der Waals surface area contributed by atoms with Gasteiger partial charge in [0.15, 0.2) is 18.5 Å². The summed E-state index contributed by atoms with van der Waals surface area (Å²) in [6, 6.07) is 16.3. The Morgan fingerprint density at radius 3 is 2.42 bits per heavy atom. The van der Waals surface area contributed by atoms with Crippen molar-refractivity contribution in [1.82, 2.24) is 0 Å². The molecule has 2 aromatic rings. The molecule has 0 aliphatic rings. The third kappa shape index (κ3) is 6.01. The van der Waals surface area contributed by atoms with Crippen molar-refractivity contribution in [3.8, 4) is 5.75 Å². The molecule has 0 saturated carbocycles. The fourth-order valence-corrected chi connectivity index (χ4v) is 2.48. The zero-order chi connectivity index (χ0) is 18.8. The molecule has 26 heavy (non-hydrogen) atoms. The Morgan fingerprint density at radius 1 is 0.962 bits per heavy atom. The van der Waals surface area contributed by atoms with Crippen LogP contribution in [-0.4, -0.2) is 37.7 Å². The van der Waals surface area contributed by atoms with Crippen LogP contribution in [0.5, 0.6) is 5.75 Å². The molecule has 138 valence electrons. The van der Waals surface area contributed by atoms with Crippen LogP contribution < -0.4 is 4.74 Å². The van der Waals surface area contributed by atoms with Crippen molar-refractivity contribution in [1.29, 1.82) is 0 Å². The number of carbonyl (C=O) groups is 2. The van der Waals surface area contributed by atoms with Gasteiger partial charge in [0, 0.05) is 18.6 Å². The summed E-state index contributed by atoms with van der Waals surface area (Å²) in [4.78, 5) is 24.1. The molecule has 1 unspecified atom stereocenters. The van der Waals surface area contributed by atoms with Crippen molar-refractivity contribution >= 4 is 11.8 Å². The van der Waals surface area contributed by atoms with Crippen molar-refractivity contribution in [3.63, 3.8) is 0 Å². The number of ketones is 1. The smallest absolute Gasteiger partial charge is 0.335 e. The largest absolute Gasteiger partial charge is 0.485 e. The third-order valence-corrected chi connectivity index (χ3v) is 3.70. The van der Waals surface area contributed by atoms with Gasteiger partial charge >= 0.3 is 5.97 Å². The maximum atomic E-state index is 12.1. The second kappa shape index (κ2) is 10.4.